The second-order valence-electron chi connectivity index (χ2n) is 3.88. The molecule has 0 aliphatic heterocycles. The number of rotatable bonds is 4. The lowest BCUT2D eigenvalue weighted by atomic mass is 10.2. The van der Waals surface area contributed by atoms with E-state index >= 15 is 0 Å². The number of sulfonamides is 1. The largest absolute Gasteiger partial charge is 0.241 e. The summed E-state index contributed by atoms with van der Waals surface area (Å²) >= 11 is 9.00. The van der Waals surface area contributed by atoms with Crippen molar-refractivity contribution in [1.29, 1.82) is 0 Å². The Bertz CT molecular complexity index is 671. The van der Waals surface area contributed by atoms with Crippen LogP contribution in [0.3, 0.4) is 0 Å². The van der Waals surface area contributed by atoms with Gasteiger partial charge < -0.3 is 0 Å². The van der Waals surface area contributed by atoms with Gasteiger partial charge in [-0.3, -0.25) is 0 Å². The molecule has 0 heterocycles. The zero-order chi connectivity index (χ0) is 13.9. The van der Waals surface area contributed by atoms with Crippen molar-refractivity contribution in [3.8, 4) is 0 Å². The minimum atomic E-state index is -3.53. The van der Waals surface area contributed by atoms with Gasteiger partial charge in [0.1, 0.15) is 0 Å². The van der Waals surface area contributed by atoms with Gasteiger partial charge in [-0.05, 0) is 45.8 Å². The maximum absolute atomic E-state index is 12.1. The minimum Gasteiger partial charge on any atom is -0.207 e. The Morgan fingerprint density at radius 3 is 2.32 bits per heavy atom. The molecule has 3 nitrogen and oxygen atoms in total. The van der Waals surface area contributed by atoms with Gasteiger partial charge in [-0.15, -0.1) is 0 Å². The molecule has 0 saturated carbocycles. The lowest BCUT2D eigenvalue weighted by Gasteiger charge is -2.08. The van der Waals surface area contributed by atoms with Gasteiger partial charge in [-0.1, -0.05) is 35.9 Å². The molecule has 0 radical (unpaired) electrons. The first kappa shape index (κ1) is 14.5. The van der Waals surface area contributed by atoms with E-state index < -0.39 is 10.0 Å². The summed E-state index contributed by atoms with van der Waals surface area (Å²) in [7, 11) is -3.53. The molecule has 0 bridgehead atoms. The van der Waals surface area contributed by atoms with E-state index in [0.717, 1.165) is 5.56 Å². The molecule has 19 heavy (non-hydrogen) atoms. The molecule has 0 unspecified atom stereocenters. The Labute approximate surface area is 125 Å². The molecule has 0 fully saturated rings. The third kappa shape index (κ3) is 3.79. The maximum Gasteiger partial charge on any atom is 0.241 e. The average Bonchev–Trinajstić information content (AvgIpc) is 2.38. The van der Waals surface area contributed by atoms with Gasteiger partial charge in [0.2, 0.25) is 10.0 Å². The van der Waals surface area contributed by atoms with Gasteiger partial charge in [0.05, 0.1) is 4.90 Å². The predicted molar refractivity (Wildman–Crippen MR) is 79.6 cm³/mol. The third-order valence-corrected chi connectivity index (χ3v) is 5.17. The summed E-state index contributed by atoms with van der Waals surface area (Å²) in [5.74, 6) is 0. The van der Waals surface area contributed by atoms with E-state index in [-0.39, 0.29) is 11.4 Å². The zero-order valence-electron chi connectivity index (χ0n) is 9.81. The van der Waals surface area contributed by atoms with Crippen LogP contribution >= 0.6 is 27.5 Å². The van der Waals surface area contributed by atoms with Crippen LogP contribution in [0.25, 0.3) is 0 Å². The molecule has 0 aromatic heterocycles. The molecule has 2 aromatic rings. The number of hydrogen-bond donors (Lipinski definition) is 1. The van der Waals surface area contributed by atoms with Gasteiger partial charge >= 0.3 is 0 Å². The molecule has 0 amide bonds. The van der Waals surface area contributed by atoms with Crippen LogP contribution in [0.5, 0.6) is 0 Å². The van der Waals surface area contributed by atoms with Crippen molar-refractivity contribution in [1.82, 2.24) is 4.72 Å². The molecular formula is C13H11BrClNO2S. The van der Waals surface area contributed by atoms with E-state index in [1.807, 2.05) is 0 Å². The lowest BCUT2D eigenvalue weighted by Crippen LogP contribution is -2.23. The van der Waals surface area contributed by atoms with Gasteiger partial charge in [0, 0.05) is 16.0 Å². The van der Waals surface area contributed by atoms with Gasteiger partial charge in [-0.2, -0.15) is 0 Å². The minimum absolute atomic E-state index is 0.223. The molecule has 0 atom stereocenters. The molecule has 0 aliphatic carbocycles. The van der Waals surface area contributed by atoms with Gasteiger partial charge in [0.25, 0.3) is 0 Å². The van der Waals surface area contributed by atoms with Crippen molar-refractivity contribution in [2.75, 3.05) is 0 Å². The Kier molecular flexibility index (Phi) is 4.62. The highest BCUT2D eigenvalue weighted by Gasteiger charge is 2.16. The average molecular weight is 361 g/mol. The molecule has 0 spiro atoms. The van der Waals surface area contributed by atoms with E-state index in [4.69, 9.17) is 11.6 Å². The highest BCUT2D eigenvalue weighted by atomic mass is 79.9. The smallest absolute Gasteiger partial charge is 0.207 e. The molecule has 2 rings (SSSR count). The summed E-state index contributed by atoms with van der Waals surface area (Å²) in [4.78, 5) is 0.226. The van der Waals surface area contributed by atoms with Crippen LogP contribution in [-0.2, 0) is 16.6 Å². The van der Waals surface area contributed by atoms with Crippen LogP contribution in [0, 0.1) is 0 Å². The second kappa shape index (κ2) is 6.05. The van der Waals surface area contributed by atoms with Crippen LogP contribution in [0.4, 0.5) is 0 Å². The first-order chi connectivity index (χ1) is 8.99. The summed E-state index contributed by atoms with van der Waals surface area (Å²) in [5.41, 5.74) is 0.847. The highest BCUT2D eigenvalue weighted by molar-refractivity contribution is 9.10. The Balaban J connectivity index is 2.14. The normalized spacial score (nSPS) is 11.5. The van der Waals surface area contributed by atoms with Crippen LogP contribution in [0.15, 0.2) is 57.9 Å². The quantitative estimate of drug-likeness (QED) is 0.906. The standard InChI is InChI=1S/C13H11BrClNO2S/c14-12-3-1-2-4-13(12)19(17,18)16-9-10-5-7-11(15)8-6-10/h1-8,16H,9H2. The van der Waals surface area contributed by atoms with Crippen LogP contribution < -0.4 is 4.72 Å². The Morgan fingerprint density at radius 1 is 1.05 bits per heavy atom. The number of hydrogen-bond acceptors (Lipinski definition) is 2. The molecule has 100 valence electrons. The second-order valence-corrected chi connectivity index (χ2v) is 6.91. The SMILES string of the molecule is O=S(=O)(NCc1ccc(Cl)cc1)c1ccccc1Br. The molecular weight excluding hydrogens is 350 g/mol. The third-order valence-electron chi connectivity index (χ3n) is 2.51. The summed E-state index contributed by atoms with van der Waals surface area (Å²) in [6, 6.07) is 13.7. The molecule has 1 N–H and O–H groups in total. The van der Waals surface area contributed by atoms with Crippen molar-refractivity contribution in [3.63, 3.8) is 0 Å². The predicted octanol–water partition coefficient (Wildman–Crippen LogP) is 3.58. The topological polar surface area (TPSA) is 46.2 Å². The summed E-state index contributed by atoms with van der Waals surface area (Å²) < 4.78 is 27.3. The zero-order valence-corrected chi connectivity index (χ0v) is 13.0. The molecule has 0 saturated heterocycles. The summed E-state index contributed by atoms with van der Waals surface area (Å²) in [5, 5.41) is 0.623. The number of nitrogens with one attached hydrogen (secondary N) is 1. The molecule has 0 aliphatic rings. The van der Waals surface area contributed by atoms with Crippen LogP contribution in [0.2, 0.25) is 5.02 Å². The maximum atomic E-state index is 12.1. The van der Waals surface area contributed by atoms with Crippen molar-refractivity contribution in [2.45, 2.75) is 11.4 Å². The van der Waals surface area contributed by atoms with Crippen LogP contribution in [-0.4, -0.2) is 8.42 Å². The van der Waals surface area contributed by atoms with E-state index in [2.05, 4.69) is 20.7 Å². The van der Waals surface area contributed by atoms with Gasteiger partial charge in [-0.25, -0.2) is 13.1 Å². The summed E-state index contributed by atoms with van der Waals surface area (Å²) in [6.07, 6.45) is 0. The fourth-order valence-electron chi connectivity index (χ4n) is 1.52. The van der Waals surface area contributed by atoms with E-state index in [0.29, 0.717) is 9.50 Å². The van der Waals surface area contributed by atoms with E-state index in [1.54, 1.807) is 48.5 Å². The van der Waals surface area contributed by atoms with Crippen molar-refractivity contribution in [3.05, 3.63) is 63.6 Å². The Hall–Kier alpha value is -0.880. The lowest BCUT2D eigenvalue weighted by molar-refractivity contribution is 0.581. The molecule has 6 heteroatoms. The number of halogens is 2. The fraction of sp³-hybridized carbons (Fsp3) is 0.0769. The van der Waals surface area contributed by atoms with Crippen molar-refractivity contribution < 1.29 is 8.42 Å². The highest BCUT2D eigenvalue weighted by Crippen LogP contribution is 2.21. The monoisotopic (exact) mass is 359 g/mol. The van der Waals surface area contributed by atoms with E-state index in [1.165, 1.54) is 0 Å². The van der Waals surface area contributed by atoms with E-state index in [9.17, 15) is 8.42 Å². The van der Waals surface area contributed by atoms with Gasteiger partial charge in [0.15, 0.2) is 0 Å². The first-order valence-corrected chi connectivity index (χ1v) is 8.13. The number of benzene rings is 2. The Morgan fingerprint density at radius 2 is 1.68 bits per heavy atom. The fourth-order valence-corrected chi connectivity index (χ4v) is 3.67. The summed E-state index contributed by atoms with van der Waals surface area (Å²) in [6.45, 7) is 0.223. The van der Waals surface area contributed by atoms with Crippen molar-refractivity contribution in [2.24, 2.45) is 0 Å². The van der Waals surface area contributed by atoms with Crippen LogP contribution in [0.1, 0.15) is 5.56 Å². The van der Waals surface area contributed by atoms with Crippen molar-refractivity contribution >= 4 is 37.6 Å². The molecule has 2 aromatic carbocycles. The first-order valence-electron chi connectivity index (χ1n) is 5.48.